The lowest BCUT2D eigenvalue weighted by atomic mass is 9.73. The van der Waals surface area contributed by atoms with E-state index in [4.69, 9.17) is 0 Å². The predicted molar refractivity (Wildman–Crippen MR) is 102 cm³/mol. The van der Waals surface area contributed by atoms with Crippen LogP contribution in [0.1, 0.15) is 95.0 Å². The molecule has 0 amide bonds. The molecule has 3 aliphatic carbocycles. The molecule has 1 aromatic rings. The molecule has 1 spiro atoms. The van der Waals surface area contributed by atoms with Gasteiger partial charge in [-0.05, 0) is 55.4 Å². The summed E-state index contributed by atoms with van der Waals surface area (Å²) in [6.45, 7) is 0. The Bertz CT molecular complexity index is 494. The van der Waals surface area contributed by atoms with Crippen molar-refractivity contribution >= 4 is 0 Å². The van der Waals surface area contributed by atoms with Crippen molar-refractivity contribution in [2.45, 2.75) is 101 Å². The normalized spacial score (nSPS) is 31.2. The number of hydrogen-bond donors (Lipinski definition) is 1. The number of hydrogen-bond acceptors (Lipinski definition) is 1. The highest BCUT2D eigenvalue weighted by Crippen LogP contribution is 2.54. The topological polar surface area (TPSA) is 12.0 Å². The third-order valence-electron chi connectivity index (χ3n) is 7.36. The molecule has 1 N–H and O–H groups in total. The van der Waals surface area contributed by atoms with E-state index in [1.165, 1.54) is 83.5 Å². The first-order valence-corrected chi connectivity index (χ1v) is 10.7. The fourth-order valence-electron chi connectivity index (χ4n) is 6.06. The highest BCUT2D eigenvalue weighted by molar-refractivity contribution is 5.25. The quantitative estimate of drug-likeness (QED) is 0.698. The Kier molecular flexibility index (Phi) is 5.27. The minimum absolute atomic E-state index is 0.592. The summed E-state index contributed by atoms with van der Waals surface area (Å²) in [7, 11) is 0. The van der Waals surface area contributed by atoms with Gasteiger partial charge in [-0.3, -0.25) is 0 Å². The maximum atomic E-state index is 4.25. The smallest absolute Gasteiger partial charge is 0.0195 e. The summed E-state index contributed by atoms with van der Waals surface area (Å²) in [5, 5.41) is 4.25. The zero-order valence-electron chi connectivity index (χ0n) is 15.3. The van der Waals surface area contributed by atoms with Crippen LogP contribution in [0.5, 0.6) is 0 Å². The minimum atomic E-state index is 0.592. The van der Waals surface area contributed by atoms with Gasteiger partial charge in [-0.15, -0.1) is 0 Å². The Morgan fingerprint density at radius 3 is 2.08 bits per heavy atom. The second kappa shape index (κ2) is 7.60. The van der Waals surface area contributed by atoms with Crippen molar-refractivity contribution in [3.05, 3.63) is 35.9 Å². The van der Waals surface area contributed by atoms with Gasteiger partial charge in [0.1, 0.15) is 0 Å². The molecule has 0 saturated heterocycles. The maximum absolute atomic E-state index is 4.25. The van der Waals surface area contributed by atoms with Crippen molar-refractivity contribution in [2.75, 3.05) is 0 Å². The fraction of sp³-hybridized carbons (Fsp3) is 0.739. The number of rotatable bonds is 3. The Hall–Kier alpha value is -0.820. The largest absolute Gasteiger partial charge is 0.310 e. The molecule has 1 aromatic carbocycles. The second-order valence-corrected chi connectivity index (χ2v) is 8.81. The molecule has 0 unspecified atom stereocenters. The van der Waals surface area contributed by atoms with Gasteiger partial charge in [-0.1, -0.05) is 75.3 Å². The van der Waals surface area contributed by atoms with E-state index in [0.717, 1.165) is 18.0 Å². The van der Waals surface area contributed by atoms with Gasteiger partial charge in [-0.25, -0.2) is 0 Å². The Balaban J connectivity index is 1.59. The van der Waals surface area contributed by atoms with Crippen LogP contribution in [0, 0.1) is 5.41 Å². The van der Waals surface area contributed by atoms with Crippen LogP contribution in [0.15, 0.2) is 30.3 Å². The first kappa shape index (κ1) is 16.6. The summed E-state index contributed by atoms with van der Waals surface area (Å²) in [5.41, 5.74) is 2.18. The highest BCUT2D eigenvalue weighted by Gasteiger charge is 2.48. The minimum Gasteiger partial charge on any atom is -0.310 e. The maximum Gasteiger partial charge on any atom is 0.0195 e. The molecule has 3 aliphatic rings. The van der Waals surface area contributed by atoms with Gasteiger partial charge >= 0.3 is 0 Å². The van der Waals surface area contributed by atoms with Crippen LogP contribution in [-0.2, 0) is 0 Å². The van der Waals surface area contributed by atoms with E-state index in [0.29, 0.717) is 5.41 Å². The summed E-state index contributed by atoms with van der Waals surface area (Å²) < 4.78 is 0. The molecule has 4 rings (SSSR count). The number of benzene rings is 1. The summed E-state index contributed by atoms with van der Waals surface area (Å²) in [5.74, 6) is 0.742. The van der Waals surface area contributed by atoms with E-state index in [9.17, 15) is 0 Å². The predicted octanol–water partition coefficient (Wildman–Crippen LogP) is 6.20. The van der Waals surface area contributed by atoms with Gasteiger partial charge in [0.15, 0.2) is 0 Å². The van der Waals surface area contributed by atoms with E-state index in [1.807, 2.05) is 0 Å². The van der Waals surface area contributed by atoms with E-state index in [-0.39, 0.29) is 0 Å². The van der Waals surface area contributed by atoms with Gasteiger partial charge in [0.2, 0.25) is 0 Å². The van der Waals surface area contributed by atoms with E-state index in [1.54, 1.807) is 5.56 Å². The zero-order valence-corrected chi connectivity index (χ0v) is 15.3. The second-order valence-electron chi connectivity index (χ2n) is 8.81. The van der Waals surface area contributed by atoms with Crippen LogP contribution >= 0.6 is 0 Å². The van der Waals surface area contributed by atoms with Gasteiger partial charge in [0.05, 0.1) is 0 Å². The summed E-state index contributed by atoms with van der Waals surface area (Å²) in [6.07, 6.45) is 18.8. The molecule has 0 aromatic heterocycles. The van der Waals surface area contributed by atoms with Crippen LogP contribution in [0.3, 0.4) is 0 Å². The lowest BCUT2D eigenvalue weighted by Crippen LogP contribution is -2.49. The van der Waals surface area contributed by atoms with Crippen LogP contribution in [0.4, 0.5) is 0 Å². The molecule has 2 atom stereocenters. The van der Waals surface area contributed by atoms with Crippen molar-refractivity contribution in [3.8, 4) is 0 Å². The Labute approximate surface area is 148 Å². The van der Waals surface area contributed by atoms with Crippen molar-refractivity contribution in [1.82, 2.24) is 5.32 Å². The van der Waals surface area contributed by atoms with Gasteiger partial charge in [0.25, 0.3) is 0 Å². The SMILES string of the molecule is c1ccc([C@@H]2CCC3(CCCCCC3)[C@H]2NC2CCCCC2)cc1. The fourth-order valence-corrected chi connectivity index (χ4v) is 6.06. The lowest BCUT2D eigenvalue weighted by molar-refractivity contribution is 0.162. The van der Waals surface area contributed by atoms with Gasteiger partial charge in [0, 0.05) is 12.1 Å². The van der Waals surface area contributed by atoms with Crippen LogP contribution in [0.25, 0.3) is 0 Å². The molecule has 0 bridgehead atoms. The summed E-state index contributed by atoms with van der Waals surface area (Å²) >= 11 is 0. The van der Waals surface area contributed by atoms with Crippen LogP contribution in [0.2, 0.25) is 0 Å². The van der Waals surface area contributed by atoms with Gasteiger partial charge in [-0.2, -0.15) is 0 Å². The lowest BCUT2D eigenvalue weighted by Gasteiger charge is -2.41. The molecule has 1 heteroatoms. The summed E-state index contributed by atoms with van der Waals surface area (Å²) in [4.78, 5) is 0. The average molecular weight is 326 g/mol. The molecule has 0 aliphatic heterocycles. The molecule has 3 saturated carbocycles. The van der Waals surface area contributed by atoms with Crippen molar-refractivity contribution < 1.29 is 0 Å². The van der Waals surface area contributed by atoms with Crippen molar-refractivity contribution in [2.24, 2.45) is 5.41 Å². The van der Waals surface area contributed by atoms with Crippen molar-refractivity contribution in [1.29, 1.82) is 0 Å². The molecule has 0 radical (unpaired) electrons. The molecular formula is C23H35N. The molecule has 132 valence electrons. The molecule has 0 heterocycles. The monoisotopic (exact) mass is 325 g/mol. The van der Waals surface area contributed by atoms with E-state index >= 15 is 0 Å². The first-order valence-electron chi connectivity index (χ1n) is 10.7. The summed E-state index contributed by atoms with van der Waals surface area (Å²) in [6, 6.07) is 12.9. The van der Waals surface area contributed by atoms with E-state index in [2.05, 4.69) is 35.6 Å². The third-order valence-corrected chi connectivity index (χ3v) is 7.36. The first-order chi connectivity index (χ1) is 11.9. The Morgan fingerprint density at radius 2 is 1.38 bits per heavy atom. The molecule has 3 fully saturated rings. The van der Waals surface area contributed by atoms with Crippen LogP contribution < -0.4 is 5.32 Å². The van der Waals surface area contributed by atoms with Crippen molar-refractivity contribution in [3.63, 3.8) is 0 Å². The highest BCUT2D eigenvalue weighted by atomic mass is 15.0. The Morgan fingerprint density at radius 1 is 0.708 bits per heavy atom. The van der Waals surface area contributed by atoms with Crippen LogP contribution in [-0.4, -0.2) is 12.1 Å². The molecule has 1 nitrogen and oxygen atoms in total. The average Bonchev–Trinajstić information content (AvgIpc) is 2.81. The molecular weight excluding hydrogens is 290 g/mol. The standard InChI is InChI=1S/C23H35N/c1-2-10-17-23(16-9-1)18-15-21(19-11-5-3-6-12-19)22(23)24-20-13-7-4-8-14-20/h3,5-6,11-12,20-22,24H,1-2,4,7-10,13-18H2/t21-,22-/m0/s1. The zero-order chi connectivity index (χ0) is 16.2. The van der Waals surface area contributed by atoms with E-state index < -0.39 is 0 Å². The molecule has 24 heavy (non-hydrogen) atoms. The van der Waals surface area contributed by atoms with Gasteiger partial charge < -0.3 is 5.32 Å². The third kappa shape index (κ3) is 3.43. The number of nitrogens with one attached hydrogen (secondary N) is 1.